The van der Waals surface area contributed by atoms with Crippen LogP contribution in [0.15, 0.2) is 6.07 Å². The van der Waals surface area contributed by atoms with Crippen LogP contribution in [0.25, 0.3) is 0 Å². The molecule has 21 heavy (non-hydrogen) atoms. The fourth-order valence-electron chi connectivity index (χ4n) is 2.58. The SMILES string of the molecule is Cc1cc(C(=O)NC2CCC(C)CC2)sc1C#CCCO. The molecule has 1 saturated carbocycles. The average Bonchev–Trinajstić information content (AvgIpc) is 2.83. The summed E-state index contributed by atoms with van der Waals surface area (Å²) < 4.78 is 0. The number of aryl methyl sites for hydroxylation is 1. The van der Waals surface area contributed by atoms with E-state index in [9.17, 15) is 4.79 Å². The van der Waals surface area contributed by atoms with E-state index in [0.29, 0.717) is 12.5 Å². The first-order chi connectivity index (χ1) is 10.1. The summed E-state index contributed by atoms with van der Waals surface area (Å²) in [7, 11) is 0. The van der Waals surface area contributed by atoms with Crippen molar-refractivity contribution in [2.24, 2.45) is 5.92 Å². The third-order valence-electron chi connectivity index (χ3n) is 3.93. The van der Waals surface area contributed by atoms with Gasteiger partial charge in [0.1, 0.15) is 0 Å². The lowest BCUT2D eigenvalue weighted by molar-refractivity contribution is 0.0927. The van der Waals surface area contributed by atoms with Gasteiger partial charge in [-0.15, -0.1) is 11.3 Å². The van der Waals surface area contributed by atoms with Crippen molar-refractivity contribution in [3.05, 3.63) is 21.4 Å². The molecule has 1 aliphatic rings. The number of thiophene rings is 1. The third kappa shape index (κ3) is 4.59. The summed E-state index contributed by atoms with van der Waals surface area (Å²) >= 11 is 1.44. The van der Waals surface area contributed by atoms with E-state index in [0.717, 1.165) is 34.1 Å². The second-order valence-corrected chi connectivity index (χ2v) is 6.88. The Morgan fingerprint density at radius 2 is 2.14 bits per heavy atom. The number of aliphatic hydroxyl groups is 1. The van der Waals surface area contributed by atoms with Crippen LogP contribution < -0.4 is 5.32 Å². The second kappa shape index (κ2) is 7.63. The highest BCUT2D eigenvalue weighted by molar-refractivity contribution is 7.14. The molecule has 1 aliphatic carbocycles. The Morgan fingerprint density at radius 1 is 1.43 bits per heavy atom. The minimum atomic E-state index is 0.0258. The maximum absolute atomic E-state index is 12.3. The van der Waals surface area contributed by atoms with Crippen LogP contribution in [0, 0.1) is 24.7 Å². The molecule has 0 aliphatic heterocycles. The van der Waals surface area contributed by atoms with Gasteiger partial charge < -0.3 is 10.4 Å². The van der Waals surface area contributed by atoms with Crippen molar-refractivity contribution >= 4 is 17.2 Å². The zero-order valence-electron chi connectivity index (χ0n) is 12.7. The fraction of sp³-hybridized carbons (Fsp3) is 0.588. The van der Waals surface area contributed by atoms with E-state index in [4.69, 9.17) is 5.11 Å². The molecule has 0 aromatic carbocycles. The molecule has 0 spiro atoms. The molecule has 1 aromatic heterocycles. The minimum Gasteiger partial charge on any atom is -0.395 e. The maximum Gasteiger partial charge on any atom is 0.261 e. The Labute approximate surface area is 130 Å². The lowest BCUT2D eigenvalue weighted by Crippen LogP contribution is -2.36. The van der Waals surface area contributed by atoms with Gasteiger partial charge in [0, 0.05) is 12.5 Å². The van der Waals surface area contributed by atoms with Crippen LogP contribution in [-0.2, 0) is 0 Å². The second-order valence-electron chi connectivity index (χ2n) is 5.83. The molecule has 0 radical (unpaired) electrons. The number of rotatable bonds is 3. The Hall–Kier alpha value is -1.31. The highest BCUT2D eigenvalue weighted by atomic mass is 32.1. The lowest BCUT2D eigenvalue weighted by Gasteiger charge is -2.26. The number of carbonyl (C=O) groups is 1. The van der Waals surface area contributed by atoms with Gasteiger partial charge in [-0.3, -0.25) is 4.79 Å². The Morgan fingerprint density at radius 3 is 2.81 bits per heavy atom. The predicted molar refractivity (Wildman–Crippen MR) is 86.5 cm³/mol. The lowest BCUT2D eigenvalue weighted by atomic mass is 9.87. The summed E-state index contributed by atoms with van der Waals surface area (Å²) in [4.78, 5) is 14.0. The number of aliphatic hydroxyl groups excluding tert-OH is 1. The van der Waals surface area contributed by atoms with E-state index in [1.165, 1.54) is 24.2 Å². The molecule has 0 saturated heterocycles. The minimum absolute atomic E-state index is 0.0258. The smallest absolute Gasteiger partial charge is 0.261 e. The van der Waals surface area contributed by atoms with E-state index in [1.807, 2.05) is 13.0 Å². The van der Waals surface area contributed by atoms with Crippen molar-refractivity contribution in [1.29, 1.82) is 0 Å². The molecule has 2 N–H and O–H groups in total. The number of amides is 1. The fourth-order valence-corrected chi connectivity index (χ4v) is 3.53. The van der Waals surface area contributed by atoms with E-state index in [-0.39, 0.29) is 12.5 Å². The van der Waals surface area contributed by atoms with Crippen LogP contribution in [0.4, 0.5) is 0 Å². The predicted octanol–water partition coefficient (Wildman–Crippen LogP) is 3.10. The molecular weight excluding hydrogens is 282 g/mol. The average molecular weight is 305 g/mol. The van der Waals surface area contributed by atoms with Crippen LogP contribution in [0.5, 0.6) is 0 Å². The summed E-state index contributed by atoms with van der Waals surface area (Å²) in [5.74, 6) is 6.75. The van der Waals surface area contributed by atoms with E-state index < -0.39 is 0 Å². The molecule has 114 valence electrons. The first-order valence-electron chi connectivity index (χ1n) is 7.61. The zero-order chi connectivity index (χ0) is 15.2. The summed E-state index contributed by atoms with van der Waals surface area (Å²) in [6.07, 6.45) is 5.04. The third-order valence-corrected chi connectivity index (χ3v) is 5.08. The molecule has 0 atom stereocenters. The normalized spacial score (nSPS) is 21.5. The quantitative estimate of drug-likeness (QED) is 0.843. The molecule has 1 heterocycles. The van der Waals surface area contributed by atoms with Crippen LogP contribution in [-0.4, -0.2) is 23.7 Å². The van der Waals surface area contributed by atoms with E-state index >= 15 is 0 Å². The van der Waals surface area contributed by atoms with E-state index in [1.54, 1.807) is 0 Å². The van der Waals surface area contributed by atoms with Gasteiger partial charge in [0.15, 0.2) is 0 Å². The van der Waals surface area contributed by atoms with Gasteiger partial charge in [-0.05, 0) is 50.2 Å². The standard InChI is InChI=1S/C17H23NO2S/c1-12-6-8-14(9-7-12)18-17(20)16-11-13(2)15(21-16)5-3-4-10-19/h11-12,14,19H,4,6-10H2,1-2H3,(H,18,20). The van der Waals surface area contributed by atoms with Crippen molar-refractivity contribution in [2.75, 3.05) is 6.61 Å². The number of hydrogen-bond donors (Lipinski definition) is 2. The largest absolute Gasteiger partial charge is 0.395 e. The Bertz CT molecular complexity index is 545. The van der Waals surface area contributed by atoms with Crippen LogP contribution in [0.3, 0.4) is 0 Å². The van der Waals surface area contributed by atoms with Crippen molar-refractivity contribution < 1.29 is 9.90 Å². The van der Waals surface area contributed by atoms with Gasteiger partial charge in [-0.25, -0.2) is 0 Å². The topological polar surface area (TPSA) is 49.3 Å². The number of carbonyl (C=O) groups excluding carboxylic acids is 1. The van der Waals surface area contributed by atoms with Crippen molar-refractivity contribution in [3.63, 3.8) is 0 Å². The highest BCUT2D eigenvalue weighted by Crippen LogP contribution is 2.25. The summed E-state index contributed by atoms with van der Waals surface area (Å²) in [6.45, 7) is 4.32. The first kappa shape index (κ1) is 16.1. The van der Waals surface area contributed by atoms with E-state index in [2.05, 4.69) is 24.1 Å². The maximum atomic E-state index is 12.3. The molecule has 3 nitrogen and oxygen atoms in total. The summed E-state index contributed by atoms with van der Waals surface area (Å²) in [5, 5.41) is 11.9. The molecule has 0 bridgehead atoms. The van der Waals surface area contributed by atoms with Crippen LogP contribution in [0.2, 0.25) is 0 Å². The van der Waals surface area contributed by atoms with Gasteiger partial charge in [0.05, 0.1) is 16.4 Å². The molecule has 1 amide bonds. The first-order valence-corrected chi connectivity index (χ1v) is 8.43. The summed E-state index contributed by atoms with van der Waals surface area (Å²) in [6, 6.07) is 2.23. The van der Waals surface area contributed by atoms with Crippen molar-refractivity contribution in [2.45, 2.75) is 52.0 Å². The van der Waals surface area contributed by atoms with Crippen LogP contribution >= 0.6 is 11.3 Å². The zero-order valence-corrected chi connectivity index (χ0v) is 13.6. The van der Waals surface area contributed by atoms with Crippen LogP contribution in [0.1, 0.15) is 59.1 Å². The molecular formula is C17H23NO2S. The van der Waals surface area contributed by atoms with Gasteiger partial charge in [0.25, 0.3) is 5.91 Å². The highest BCUT2D eigenvalue weighted by Gasteiger charge is 2.21. The van der Waals surface area contributed by atoms with Crippen molar-refractivity contribution in [1.82, 2.24) is 5.32 Å². The van der Waals surface area contributed by atoms with Crippen molar-refractivity contribution in [3.8, 4) is 11.8 Å². The molecule has 0 unspecified atom stereocenters. The van der Waals surface area contributed by atoms with Gasteiger partial charge in [-0.2, -0.15) is 0 Å². The molecule has 1 aromatic rings. The van der Waals surface area contributed by atoms with Gasteiger partial charge in [0.2, 0.25) is 0 Å². The monoisotopic (exact) mass is 305 g/mol. The molecule has 2 rings (SSSR count). The molecule has 4 heteroatoms. The van der Waals surface area contributed by atoms with Gasteiger partial charge >= 0.3 is 0 Å². The number of hydrogen-bond acceptors (Lipinski definition) is 3. The summed E-state index contributed by atoms with van der Waals surface area (Å²) in [5.41, 5.74) is 1.04. The Balaban J connectivity index is 1.97. The molecule has 1 fully saturated rings. The Kier molecular flexibility index (Phi) is 5.84. The number of nitrogens with one attached hydrogen (secondary N) is 1. The van der Waals surface area contributed by atoms with Gasteiger partial charge in [-0.1, -0.05) is 18.8 Å².